The Morgan fingerprint density at radius 1 is 1.30 bits per heavy atom. The lowest BCUT2D eigenvalue weighted by Gasteiger charge is -2.13. The SMILES string of the molecule is Cc1cc(C)c(C(N)=S)c(Oc2c(C)nn(C)c2C)n1. The van der Waals surface area contributed by atoms with E-state index in [9.17, 15) is 0 Å². The van der Waals surface area contributed by atoms with Crippen LogP contribution in [0.1, 0.15) is 28.2 Å². The summed E-state index contributed by atoms with van der Waals surface area (Å²) in [4.78, 5) is 4.70. The number of nitrogens with zero attached hydrogens (tertiary/aromatic N) is 3. The number of thiocarbonyl (C=S) groups is 1. The van der Waals surface area contributed by atoms with E-state index in [1.807, 2.05) is 40.8 Å². The molecule has 0 aliphatic heterocycles. The Morgan fingerprint density at radius 3 is 2.45 bits per heavy atom. The molecule has 0 bridgehead atoms. The first kappa shape index (κ1) is 14.5. The third-order valence-electron chi connectivity index (χ3n) is 3.20. The van der Waals surface area contributed by atoms with Crippen LogP contribution in [0.25, 0.3) is 0 Å². The van der Waals surface area contributed by atoms with Gasteiger partial charge in [0, 0.05) is 12.7 Å². The Bertz CT molecular complexity index is 691. The number of hydrogen-bond acceptors (Lipinski definition) is 4. The largest absolute Gasteiger partial charge is 0.434 e. The van der Waals surface area contributed by atoms with Crippen LogP contribution in [0.15, 0.2) is 6.07 Å². The molecule has 2 rings (SSSR count). The zero-order valence-corrected chi connectivity index (χ0v) is 13.1. The van der Waals surface area contributed by atoms with E-state index in [1.165, 1.54) is 0 Å². The van der Waals surface area contributed by atoms with Crippen molar-refractivity contribution in [1.82, 2.24) is 14.8 Å². The zero-order valence-electron chi connectivity index (χ0n) is 12.3. The molecule has 2 aromatic heterocycles. The van der Waals surface area contributed by atoms with Crippen molar-refractivity contribution in [1.29, 1.82) is 0 Å². The molecule has 0 radical (unpaired) electrons. The minimum atomic E-state index is 0.282. The number of hydrogen-bond donors (Lipinski definition) is 1. The van der Waals surface area contributed by atoms with Crippen molar-refractivity contribution in [3.05, 3.63) is 34.3 Å². The number of pyridine rings is 1. The second-order valence-electron chi connectivity index (χ2n) is 4.85. The van der Waals surface area contributed by atoms with Crippen LogP contribution < -0.4 is 10.5 Å². The summed E-state index contributed by atoms with van der Waals surface area (Å²) < 4.78 is 7.72. The van der Waals surface area contributed by atoms with Crippen LogP contribution in [0.4, 0.5) is 0 Å². The fraction of sp³-hybridized carbons (Fsp3) is 0.357. The second-order valence-corrected chi connectivity index (χ2v) is 5.29. The lowest BCUT2D eigenvalue weighted by atomic mass is 10.1. The Morgan fingerprint density at radius 2 is 1.95 bits per heavy atom. The predicted molar refractivity (Wildman–Crippen MR) is 82.4 cm³/mol. The van der Waals surface area contributed by atoms with Crippen LogP contribution in [0, 0.1) is 27.7 Å². The molecule has 0 spiro atoms. The topological polar surface area (TPSA) is 66.0 Å². The number of rotatable bonds is 3. The number of aryl methyl sites for hydroxylation is 4. The van der Waals surface area contributed by atoms with E-state index >= 15 is 0 Å². The molecular weight excluding hydrogens is 272 g/mol. The molecule has 6 heteroatoms. The highest BCUT2D eigenvalue weighted by molar-refractivity contribution is 7.80. The summed E-state index contributed by atoms with van der Waals surface area (Å²) >= 11 is 5.10. The monoisotopic (exact) mass is 290 g/mol. The Hall–Kier alpha value is -1.95. The van der Waals surface area contributed by atoms with Crippen molar-refractivity contribution in [3.8, 4) is 11.6 Å². The molecule has 0 amide bonds. The molecule has 106 valence electrons. The third kappa shape index (κ3) is 2.51. The van der Waals surface area contributed by atoms with E-state index in [1.54, 1.807) is 4.68 Å². The van der Waals surface area contributed by atoms with Gasteiger partial charge < -0.3 is 10.5 Å². The van der Waals surface area contributed by atoms with Crippen molar-refractivity contribution in [2.75, 3.05) is 0 Å². The second kappa shape index (κ2) is 5.20. The maximum absolute atomic E-state index is 5.95. The highest BCUT2D eigenvalue weighted by Crippen LogP contribution is 2.30. The van der Waals surface area contributed by atoms with E-state index in [2.05, 4.69) is 10.1 Å². The van der Waals surface area contributed by atoms with Gasteiger partial charge in [-0.05, 0) is 39.3 Å². The lowest BCUT2D eigenvalue weighted by Crippen LogP contribution is -2.14. The number of nitrogens with two attached hydrogens (primary N) is 1. The number of aromatic nitrogens is 3. The van der Waals surface area contributed by atoms with Crippen molar-refractivity contribution < 1.29 is 4.74 Å². The average molecular weight is 290 g/mol. The number of ether oxygens (including phenoxy) is 1. The summed E-state index contributed by atoms with van der Waals surface area (Å²) in [5, 5.41) is 4.33. The van der Waals surface area contributed by atoms with Gasteiger partial charge in [-0.2, -0.15) is 5.10 Å². The first-order valence-electron chi connectivity index (χ1n) is 6.27. The van der Waals surface area contributed by atoms with E-state index in [-0.39, 0.29) is 4.99 Å². The van der Waals surface area contributed by atoms with E-state index in [0.717, 1.165) is 22.6 Å². The molecule has 20 heavy (non-hydrogen) atoms. The molecule has 2 N–H and O–H groups in total. The summed E-state index contributed by atoms with van der Waals surface area (Å²) in [5.74, 6) is 1.14. The third-order valence-corrected chi connectivity index (χ3v) is 3.40. The van der Waals surface area contributed by atoms with Crippen LogP contribution in [0.5, 0.6) is 11.6 Å². The highest BCUT2D eigenvalue weighted by Gasteiger charge is 2.18. The van der Waals surface area contributed by atoms with Crippen LogP contribution >= 0.6 is 12.2 Å². The van der Waals surface area contributed by atoms with Gasteiger partial charge in [0.05, 0.1) is 11.3 Å². The standard InChI is InChI=1S/C14H18N4OS/c1-7-6-8(2)16-14(11(7)13(15)20)19-12-9(3)17-18(5)10(12)4/h6H,1-5H3,(H2,15,20). The molecule has 0 unspecified atom stereocenters. The molecule has 0 fully saturated rings. The van der Waals surface area contributed by atoms with E-state index in [4.69, 9.17) is 22.7 Å². The maximum Gasteiger partial charge on any atom is 0.230 e. The minimum absolute atomic E-state index is 0.282. The van der Waals surface area contributed by atoms with Gasteiger partial charge in [-0.3, -0.25) is 4.68 Å². The fourth-order valence-electron chi connectivity index (χ4n) is 2.17. The Kier molecular flexibility index (Phi) is 3.76. The Labute approximate surface area is 123 Å². The minimum Gasteiger partial charge on any atom is -0.434 e. The molecule has 0 aliphatic rings. The smallest absolute Gasteiger partial charge is 0.230 e. The van der Waals surface area contributed by atoms with Gasteiger partial charge in [-0.25, -0.2) is 4.98 Å². The average Bonchev–Trinajstić information content (AvgIpc) is 2.54. The van der Waals surface area contributed by atoms with Gasteiger partial charge in [-0.1, -0.05) is 12.2 Å². The van der Waals surface area contributed by atoms with E-state index < -0.39 is 0 Å². The van der Waals surface area contributed by atoms with Crippen LogP contribution in [-0.2, 0) is 7.05 Å². The van der Waals surface area contributed by atoms with Gasteiger partial charge in [0.2, 0.25) is 5.88 Å². The molecule has 0 saturated carbocycles. The summed E-state index contributed by atoms with van der Waals surface area (Å²) in [6, 6.07) is 1.93. The Balaban J connectivity index is 2.56. The molecule has 0 aliphatic carbocycles. The summed E-state index contributed by atoms with van der Waals surface area (Å²) in [5.41, 5.74) is 10.0. The molecule has 5 nitrogen and oxygen atoms in total. The molecule has 2 aromatic rings. The van der Waals surface area contributed by atoms with E-state index in [0.29, 0.717) is 17.2 Å². The van der Waals surface area contributed by atoms with Crippen molar-refractivity contribution in [2.24, 2.45) is 12.8 Å². The first-order valence-corrected chi connectivity index (χ1v) is 6.68. The molecule has 0 atom stereocenters. The fourth-order valence-corrected chi connectivity index (χ4v) is 2.42. The van der Waals surface area contributed by atoms with Crippen LogP contribution in [-0.4, -0.2) is 19.8 Å². The predicted octanol–water partition coefficient (Wildman–Crippen LogP) is 2.48. The lowest BCUT2D eigenvalue weighted by molar-refractivity contribution is 0.452. The molecular formula is C14H18N4OS. The van der Waals surface area contributed by atoms with Crippen LogP contribution in [0.2, 0.25) is 0 Å². The summed E-state index contributed by atoms with van der Waals surface area (Å²) in [7, 11) is 1.87. The van der Waals surface area contributed by atoms with Crippen molar-refractivity contribution >= 4 is 17.2 Å². The summed E-state index contributed by atoms with van der Waals surface area (Å²) in [6.45, 7) is 7.69. The van der Waals surface area contributed by atoms with Gasteiger partial charge in [0.1, 0.15) is 10.7 Å². The molecule has 0 aromatic carbocycles. The van der Waals surface area contributed by atoms with Gasteiger partial charge in [0.25, 0.3) is 0 Å². The quantitative estimate of drug-likeness (QED) is 0.880. The molecule has 0 saturated heterocycles. The summed E-state index contributed by atoms with van der Waals surface area (Å²) in [6.07, 6.45) is 0. The van der Waals surface area contributed by atoms with Gasteiger partial charge in [-0.15, -0.1) is 0 Å². The van der Waals surface area contributed by atoms with Gasteiger partial charge in [0.15, 0.2) is 5.75 Å². The highest BCUT2D eigenvalue weighted by atomic mass is 32.1. The van der Waals surface area contributed by atoms with Crippen LogP contribution in [0.3, 0.4) is 0 Å². The van der Waals surface area contributed by atoms with Gasteiger partial charge >= 0.3 is 0 Å². The zero-order chi connectivity index (χ0) is 15.0. The molecule has 2 heterocycles. The maximum atomic E-state index is 5.95. The first-order chi connectivity index (χ1) is 9.31. The van der Waals surface area contributed by atoms with Crippen molar-refractivity contribution in [2.45, 2.75) is 27.7 Å². The normalized spacial score (nSPS) is 10.7. The van der Waals surface area contributed by atoms with Crippen molar-refractivity contribution in [3.63, 3.8) is 0 Å².